The molecule has 0 atom stereocenters. The summed E-state index contributed by atoms with van der Waals surface area (Å²) in [6, 6.07) is 3.35. The van der Waals surface area contributed by atoms with E-state index in [-0.39, 0.29) is 5.56 Å². The molecule has 1 saturated heterocycles. The van der Waals surface area contributed by atoms with E-state index in [1.165, 1.54) is 0 Å². The predicted molar refractivity (Wildman–Crippen MR) is 56.4 cm³/mol. The van der Waals surface area contributed by atoms with Crippen molar-refractivity contribution in [1.29, 1.82) is 0 Å². The Morgan fingerprint density at radius 1 is 1.60 bits per heavy atom. The van der Waals surface area contributed by atoms with Crippen molar-refractivity contribution in [2.24, 2.45) is 0 Å². The minimum atomic E-state index is -0.927. The summed E-state index contributed by atoms with van der Waals surface area (Å²) in [7, 11) is 0. The minimum Gasteiger partial charge on any atom is -0.478 e. The standard InChI is InChI=1S/C10H11NO3S/c1-6-8(10(12)13)2-3-9(11-6)15-7-4-14-5-7/h2-3,7H,4-5H2,1H3,(H,12,13). The number of aryl methyl sites for hydroxylation is 1. The molecule has 4 nitrogen and oxygen atoms in total. The number of hydrogen-bond acceptors (Lipinski definition) is 4. The van der Waals surface area contributed by atoms with Crippen molar-refractivity contribution in [3.8, 4) is 0 Å². The largest absolute Gasteiger partial charge is 0.478 e. The number of pyridine rings is 1. The van der Waals surface area contributed by atoms with E-state index < -0.39 is 5.97 Å². The average Bonchev–Trinajstić information content (AvgIpc) is 2.11. The molecule has 1 aromatic rings. The number of ether oxygens (including phenoxy) is 1. The van der Waals surface area contributed by atoms with Crippen molar-refractivity contribution < 1.29 is 14.6 Å². The monoisotopic (exact) mass is 225 g/mol. The maximum absolute atomic E-state index is 10.8. The fourth-order valence-electron chi connectivity index (χ4n) is 1.28. The Kier molecular flexibility index (Phi) is 2.93. The number of carboxylic acids is 1. The van der Waals surface area contributed by atoms with Gasteiger partial charge in [0.25, 0.3) is 0 Å². The van der Waals surface area contributed by atoms with Crippen molar-refractivity contribution >= 4 is 17.7 Å². The van der Waals surface area contributed by atoms with E-state index in [2.05, 4.69) is 4.98 Å². The van der Waals surface area contributed by atoms with Crippen LogP contribution in [0.5, 0.6) is 0 Å². The topological polar surface area (TPSA) is 59.4 Å². The summed E-state index contributed by atoms with van der Waals surface area (Å²) in [5.41, 5.74) is 0.831. The van der Waals surface area contributed by atoms with Gasteiger partial charge < -0.3 is 9.84 Å². The lowest BCUT2D eigenvalue weighted by molar-refractivity contribution is 0.0454. The van der Waals surface area contributed by atoms with E-state index in [1.54, 1.807) is 30.8 Å². The first-order valence-corrected chi connectivity index (χ1v) is 5.50. The van der Waals surface area contributed by atoms with Crippen LogP contribution in [0.4, 0.5) is 0 Å². The van der Waals surface area contributed by atoms with Crippen LogP contribution in [0.25, 0.3) is 0 Å². The fourth-order valence-corrected chi connectivity index (χ4v) is 2.29. The van der Waals surface area contributed by atoms with Crippen molar-refractivity contribution in [3.05, 3.63) is 23.4 Å². The van der Waals surface area contributed by atoms with Crippen molar-refractivity contribution in [3.63, 3.8) is 0 Å². The Hall–Kier alpha value is -1.07. The number of nitrogens with zero attached hydrogens (tertiary/aromatic N) is 1. The molecule has 1 aromatic heterocycles. The highest BCUT2D eigenvalue weighted by Gasteiger charge is 2.20. The molecule has 1 fully saturated rings. The van der Waals surface area contributed by atoms with Crippen LogP contribution in [0.15, 0.2) is 17.2 Å². The normalized spacial score (nSPS) is 16.1. The number of aromatic carboxylic acids is 1. The summed E-state index contributed by atoms with van der Waals surface area (Å²) in [5.74, 6) is -0.927. The lowest BCUT2D eigenvalue weighted by atomic mass is 10.2. The highest BCUT2D eigenvalue weighted by molar-refractivity contribution is 8.00. The molecule has 0 unspecified atom stereocenters. The summed E-state index contributed by atoms with van der Waals surface area (Å²) in [5, 5.41) is 10.2. The molecule has 0 aromatic carbocycles. The van der Waals surface area contributed by atoms with Gasteiger partial charge in [0.05, 0.1) is 34.7 Å². The molecule has 0 radical (unpaired) electrons. The van der Waals surface area contributed by atoms with E-state index in [0.29, 0.717) is 10.9 Å². The number of carboxylic acid groups (broad SMARTS) is 1. The molecule has 0 amide bonds. The van der Waals surface area contributed by atoms with Crippen molar-refractivity contribution in [2.75, 3.05) is 13.2 Å². The SMILES string of the molecule is Cc1nc(SC2COC2)ccc1C(=O)O. The van der Waals surface area contributed by atoms with Gasteiger partial charge in [-0.05, 0) is 19.1 Å². The molecule has 1 N–H and O–H groups in total. The van der Waals surface area contributed by atoms with Gasteiger partial charge in [-0.25, -0.2) is 9.78 Å². The molecule has 0 aliphatic carbocycles. The highest BCUT2D eigenvalue weighted by atomic mass is 32.2. The van der Waals surface area contributed by atoms with E-state index >= 15 is 0 Å². The third-order valence-electron chi connectivity index (χ3n) is 2.19. The third-order valence-corrected chi connectivity index (χ3v) is 3.26. The quantitative estimate of drug-likeness (QED) is 0.846. The van der Waals surface area contributed by atoms with Crippen molar-refractivity contribution in [2.45, 2.75) is 17.2 Å². The number of thioether (sulfide) groups is 1. The van der Waals surface area contributed by atoms with Crippen LogP contribution in [-0.4, -0.2) is 34.5 Å². The highest BCUT2D eigenvalue weighted by Crippen LogP contribution is 2.27. The number of rotatable bonds is 3. The maximum Gasteiger partial charge on any atom is 0.337 e. The number of carbonyl (C=O) groups is 1. The van der Waals surface area contributed by atoms with Crippen LogP contribution in [0.3, 0.4) is 0 Å². The molecular formula is C10H11NO3S. The Morgan fingerprint density at radius 3 is 2.80 bits per heavy atom. The van der Waals surface area contributed by atoms with Crippen LogP contribution >= 0.6 is 11.8 Å². The molecule has 1 aliphatic heterocycles. The Morgan fingerprint density at radius 2 is 2.33 bits per heavy atom. The Bertz CT molecular complexity index is 390. The molecule has 1 aliphatic rings. The molecule has 2 rings (SSSR count). The van der Waals surface area contributed by atoms with E-state index in [1.807, 2.05) is 0 Å². The lowest BCUT2D eigenvalue weighted by Crippen LogP contribution is -2.30. The van der Waals surface area contributed by atoms with Crippen LogP contribution < -0.4 is 0 Å². The van der Waals surface area contributed by atoms with Gasteiger partial charge in [0.2, 0.25) is 0 Å². The maximum atomic E-state index is 10.8. The van der Waals surface area contributed by atoms with Crippen LogP contribution in [-0.2, 0) is 4.74 Å². The molecule has 0 bridgehead atoms. The van der Waals surface area contributed by atoms with Gasteiger partial charge in [-0.2, -0.15) is 0 Å². The molecule has 5 heteroatoms. The predicted octanol–water partition coefficient (Wildman–Crippen LogP) is 1.58. The van der Waals surface area contributed by atoms with Gasteiger partial charge in [0.1, 0.15) is 0 Å². The summed E-state index contributed by atoms with van der Waals surface area (Å²) in [6.07, 6.45) is 0. The van der Waals surface area contributed by atoms with Crippen LogP contribution in [0.2, 0.25) is 0 Å². The first-order chi connectivity index (χ1) is 7.16. The van der Waals surface area contributed by atoms with E-state index in [4.69, 9.17) is 9.84 Å². The number of aromatic nitrogens is 1. The molecular weight excluding hydrogens is 214 g/mol. The molecule has 2 heterocycles. The van der Waals surface area contributed by atoms with Gasteiger partial charge in [0, 0.05) is 0 Å². The summed E-state index contributed by atoms with van der Waals surface area (Å²) in [6.45, 7) is 3.23. The summed E-state index contributed by atoms with van der Waals surface area (Å²) in [4.78, 5) is 15.0. The van der Waals surface area contributed by atoms with Crippen LogP contribution in [0.1, 0.15) is 16.1 Å². The summed E-state index contributed by atoms with van der Waals surface area (Å²) >= 11 is 1.64. The number of hydrogen-bond donors (Lipinski definition) is 1. The molecule has 80 valence electrons. The summed E-state index contributed by atoms with van der Waals surface area (Å²) < 4.78 is 5.06. The first-order valence-electron chi connectivity index (χ1n) is 4.62. The van der Waals surface area contributed by atoms with Gasteiger partial charge in [-0.3, -0.25) is 0 Å². The van der Waals surface area contributed by atoms with E-state index in [9.17, 15) is 4.79 Å². The Labute approximate surface area is 91.7 Å². The Balaban J connectivity index is 2.13. The van der Waals surface area contributed by atoms with Crippen molar-refractivity contribution in [1.82, 2.24) is 4.98 Å². The second-order valence-corrected chi connectivity index (χ2v) is 4.69. The van der Waals surface area contributed by atoms with Gasteiger partial charge in [-0.15, -0.1) is 0 Å². The second kappa shape index (κ2) is 4.20. The van der Waals surface area contributed by atoms with E-state index in [0.717, 1.165) is 18.2 Å². The molecule has 0 spiro atoms. The zero-order chi connectivity index (χ0) is 10.8. The average molecular weight is 225 g/mol. The first kappa shape index (κ1) is 10.4. The van der Waals surface area contributed by atoms with Gasteiger partial charge in [0.15, 0.2) is 0 Å². The smallest absolute Gasteiger partial charge is 0.337 e. The zero-order valence-corrected chi connectivity index (χ0v) is 9.08. The van der Waals surface area contributed by atoms with Crippen LogP contribution in [0, 0.1) is 6.92 Å². The fraction of sp³-hybridized carbons (Fsp3) is 0.400. The third kappa shape index (κ3) is 2.30. The van der Waals surface area contributed by atoms with Gasteiger partial charge in [-0.1, -0.05) is 11.8 Å². The minimum absolute atomic E-state index is 0.268. The zero-order valence-electron chi connectivity index (χ0n) is 8.27. The second-order valence-electron chi connectivity index (χ2n) is 3.36. The van der Waals surface area contributed by atoms with Gasteiger partial charge >= 0.3 is 5.97 Å². The molecule has 15 heavy (non-hydrogen) atoms. The molecule has 0 saturated carbocycles. The lowest BCUT2D eigenvalue weighted by Gasteiger charge is -2.24.